The summed E-state index contributed by atoms with van der Waals surface area (Å²) >= 11 is 0. The first-order valence-electron chi connectivity index (χ1n) is 6.45. The number of rotatable bonds is 4. The van der Waals surface area contributed by atoms with Gasteiger partial charge in [0.2, 0.25) is 0 Å². The lowest BCUT2D eigenvalue weighted by Crippen LogP contribution is -2.16. The van der Waals surface area contributed by atoms with E-state index in [1.54, 1.807) is 13.2 Å². The van der Waals surface area contributed by atoms with E-state index in [1.807, 2.05) is 43.1 Å². The predicted octanol–water partition coefficient (Wildman–Crippen LogP) is 3.62. The maximum atomic E-state index is 13.4. The molecule has 0 bridgehead atoms. The third-order valence-electron chi connectivity index (χ3n) is 3.30. The summed E-state index contributed by atoms with van der Waals surface area (Å²) in [4.78, 5) is 1.98. The highest BCUT2D eigenvalue weighted by Gasteiger charge is 2.13. The molecule has 1 atom stereocenters. The minimum absolute atomic E-state index is 0.235. The molecule has 0 saturated carbocycles. The summed E-state index contributed by atoms with van der Waals surface area (Å²) in [7, 11) is 3.56. The van der Waals surface area contributed by atoms with Crippen LogP contribution < -0.4 is 15.4 Å². The summed E-state index contributed by atoms with van der Waals surface area (Å²) in [6.07, 6.45) is 0. The molecular formula is C16H19FN2O. The van der Waals surface area contributed by atoms with Crippen molar-refractivity contribution in [2.45, 2.75) is 13.0 Å². The van der Waals surface area contributed by atoms with Crippen molar-refractivity contribution in [1.82, 2.24) is 0 Å². The molecule has 0 heterocycles. The van der Waals surface area contributed by atoms with Crippen LogP contribution in [0.1, 0.15) is 18.5 Å². The van der Waals surface area contributed by atoms with E-state index < -0.39 is 0 Å². The largest absolute Gasteiger partial charge is 0.497 e. The van der Waals surface area contributed by atoms with Gasteiger partial charge in [0.15, 0.2) is 0 Å². The summed E-state index contributed by atoms with van der Waals surface area (Å²) in [5.41, 5.74) is 8.59. The third-order valence-corrected chi connectivity index (χ3v) is 3.30. The Morgan fingerprint density at radius 1 is 1.15 bits per heavy atom. The molecule has 2 N–H and O–H groups in total. The quantitative estimate of drug-likeness (QED) is 0.925. The Kier molecular flexibility index (Phi) is 4.25. The number of hydrogen-bond donors (Lipinski definition) is 1. The Bertz CT molecular complexity index is 582. The number of nitrogens with two attached hydrogens (primary N) is 1. The molecule has 0 spiro atoms. The van der Waals surface area contributed by atoms with Crippen molar-refractivity contribution in [3.05, 3.63) is 53.8 Å². The van der Waals surface area contributed by atoms with Gasteiger partial charge < -0.3 is 15.4 Å². The Hall–Kier alpha value is -2.07. The van der Waals surface area contributed by atoms with E-state index >= 15 is 0 Å². The van der Waals surface area contributed by atoms with E-state index in [4.69, 9.17) is 10.5 Å². The highest BCUT2D eigenvalue weighted by molar-refractivity contribution is 5.66. The fourth-order valence-corrected chi connectivity index (χ4v) is 2.14. The zero-order valence-corrected chi connectivity index (χ0v) is 11.9. The van der Waals surface area contributed by atoms with Crippen molar-refractivity contribution in [2.24, 2.45) is 5.73 Å². The average Bonchev–Trinajstić information content (AvgIpc) is 2.46. The van der Waals surface area contributed by atoms with Crippen molar-refractivity contribution in [3.8, 4) is 5.75 Å². The maximum absolute atomic E-state index is 13.4. The molecule has 2 aromatic carbocycles. The Morgan fingerprint density at radius 2 is 1.80 bits per heavy atom. The predicted molar refractivity (Wildman–Crippen MR) is 80.1 cm³/mol. The SMILES string of the molecule is COc1ccc(N(C)c2ccc(F)cc2[C@H](C)N)cc1. The van der Waals surface area contributed by atoms with Gasteiger partial charge in [-0.15, -0.1) is 0 Å². The molecule has 0 unspecified atom stereocenters. The smallest absolute Gasteiger partial charge is 0.123 e. The lowest BCUT2D eigenvalue weighted by atomic mass is 10.1. The van der Waals surface area contributed by atoms with Crippen LogP contribution in [0, 0.1) is 5.82 Å². The standard InChI is InChI=1S/C16H19FN2O/c1-11(18)15-10-12(17)4-9-16(15)19(2)13-5-7-14(20-3)8-6-13/h4-11H,18H2,1-3H3/t11-/m0/s1. The molecule has 0 aromatic heterocycles. The minimum atomic E-state index is -0.274. The van der Waals surface area contributed by atoms with Gasteiger partial charge in [-0.25, -0.2) is 4.39 Å². The summed E-state index contributed by atoms with van der Waals surface area (Å²) in [5.74, 6) is 0.526. The molecule has 20 heavy (non-hydrogen) atoms. The lowest BCUT2D eigenvalue weighted by molar-refractivity contribution is 0.415. The van der Waals surface area contributed by atoms with Crippen LogP contribution in [-0.4, -0.2) is 14.2 Å². The third kappa shape index (κ3) is 2.91. The number of methoxy groups -OCH3 is 1. The molecule has 0 aliphatic carbocycles. The molecule has 2 rings (SSSR count). The molecule has 4 heteroatoms. The second kappa shape index (κ2) is 5.92. The fourth-order valence-electron chi connectivity index (χ4n) is 2.14. The number of halogens is 1. The van der Waals surface area contributed by atoms with Crippen LogP contribution >= 0.6 is 0 Å². The van der Waals surface area contributed by atoms with E-state index in [9.17, 15) is 4.39 Å². The first kappa shape index (κ1) is 14.3. The molecule has 2 aromatic rings. The second-order valence-corrected chi connectivity index (χ2v) is 4.75. The van der Waals surface area contributed by atoms with E-state index in [0.717, 1.165) is 22.7 Å². The first-order chi connectivity index (χ1) is 9.52. The van der Waals surface area contributed by atoms with Gasteiger partial charge in [-0.05, 0) is 55.0 Å². The molecular weight excluding hydrogens is 255 g/mol. The van der Waals surface area contributed by atoms with Crippen molar-refractivity contribution < 1.29 is 9.13 Å². The number of benzene rings is 2. The van der Waals surface area contributed by atoms with Gasteiger partial charge in [-0.2, -0.15) is 0 Å². The topological polar surface area (TPSA) is 38.5 Å². The Balaban J connectivity index is 2.39. The highest BCUT2D eigenvalue weighted by Crippen LogP contribution is 2.31. The van der Waals surface area contributed by atoms with Crippen LogP contribution in [0.4, 0.5) is 15.8 Å². The van der Waals surface area contributed by atoms with Crippen LogP contribution in [0.25, 0.3) is 0 Å². The van der Waals surface area contributed by atoms with Crippen LogP contribution in [0.3, 0.4) is 0 Å². The van der Waals surface area contributed by atoms with Gasteiger partial charge in [0.25, 0.3) is 0 Å². The minimum Gasteiger partial charge on any atom is -0.497 e. The Morgan fingerprint density at radius 3 is 2.35 bits per heavy atom. The van der Waals surface area contributed by atoms with Crippen molar-refractivity contribution in [3.63, 3.8) is 0 Å². The van der Waals surface area contributed by atoms with Gasteiger partial charge in [0.1, 0.15) is 11.6 Å². The van der Waals surface area contributed by atoms with Crippen molar-refractivity contribution >= 4 is 11.4 Å². The summed E-state index contributed by atoms with van der Waals surface area (Å²) in [6, 6.07) is 12.1. The normalized spacial score (nSPS) is 12.1. The summed E-state index contributed by atoms with van der Waals surface area (Å²) in [5, 5.41) is 0. The zero-order chi connectivity index (χ0) is 14.7. The molecule has 0 aliphatic heterocycles. The molecule has 0 radical (unpaired) electrons. The van der Waals surface area contributed by atoms with E-state index in [2.05, 4.69) is 0 Å². The van der Waals surface area contributed by atoms with Crippen molar-refractivity contribution in [2.75, 3.05) is 19.1 Å². The summed E-state index contributed by atoms with van der Waals surface area (Å²) in [6.45, 7) is 1.85. The number of hydrogen-bond acceptors (Lipinski definition) is 3. The molecule has 0 fully saturated rings. The first-order valence-corrected chi connectivity index (χ1v) is 6.45. The van der Waals surface area contributed by atoms with Gasteiger partial charge in [0, 0.05) is 24.5 Å². The van der Waals surface area contributed by atoms with Crippen LogP contribution in [0.15, 0.2) is 42.5 Å². The van der Waals surface area contributed by atoms with Crippen LogP contribution in [0.2, 0.25) is 0 Å². The van der Waals surface area contributed by atoms with E-state index in [0.29, 0.717) is 0 Å². The van der Waals surface area contributed by atoms with Gasteiger partial charge in [-0.3, -0.25) is 0 Å². The average molecular weight is 274 g/mol. The highest BCUT2D eigenvalue weighted by atomic mass is 19.1. The van der Waals surface area contributed by atoms with Gasteiger partial charge >= 0.3 is 0 Å². The van der Waals surface area contributed by atoms with E-state index in [1.165, 1.54) is 12.1 Å². The lowest BCUT2D eigenvalue weighted by Gasteiger charge is -2.24. The second-order valence-electron chi connectivity index (χ2n) is 4.75. The zero-order valence-electron chi connectivity index (χ0n) is 11.9. The van der Waals surface area contributed by atoms with Crippen LogP contribution in [0.5, 0.6) is 5.75 Å². The number of ether oxygens (including phenoxy) is 1. The molecule has 106 valence electrons. The monoisotopic (exact) mass is 274 g/mol. The molecule has 0 aliphatic rings. The van der Waals surface area contributed by atoms with Gasteiger partial charge in [-0.1, -0.05) is 0 Å². The van der Waals surface area contributed by atoms with Crippen molar-refractivity contribution in [1.29, 1.82) is 0 Å². The molecule has 0 saturated heterocycles. The van der Waals surface area contributed by atoms with Gasteiger partial charge in [0.05, 0.1) is 7.11 Å². The Labute approximate surface area is 118 Å². The maximum Gasteiger partial charge on any atom is 0.123 e. The fraction of sp³-hybridized carbons (Fsp3) is 0.250. The summed E-state index contributed by atoms with van der Waals surface area (Å²) < 4.78 is 18.5. The number of anilines is 2. The van der Waals surface area contributed by atoms with Crippen LogP contribution in [-0.2, 0) is 0 Å². The van der Waals surface area contributed by atoms with E-state index in [-0.39, 0.29) is 11.9 Å². The molecule has 0 amide bonds. The molecule has 3 nitrogen and oxygen atoms in total. The number of nitrogens with zero attached hydrogens (tertiary/aromatic N) is 1.